The molecule has 11 nitrogen and oxygen atoms in total. The first-order chi connectivity index (χ1) is 12.2. The van der Waals surface area contributed by atoms with Crippen LogP contribution in [0, 0.1) is 5.41 Å². The Balaban J connectivity index is 2.32. The molecule has 2 rings (SSSR count). The Kier molecular flexibility index (Phi) is 5.90. The number of rotatable bonds is 7. The van der Waals surface area contributed by atoms with E-state index in [-0.39, 0.29) is 37.1 Å². The van der Waals surface area contributed by atoms with Gasteiger partial charge >= 0.3 is 5.97 Å². The number of guanidine groups is 1. The molecule has 0 spiro atoms. The number of aromatic nitrogens is 3. The second-order valence-electron chi connectivity index (χ2n) is 6.35. The Morgan fingerprint density at radius 1 is 1.15 bits per heavy atom. The van der Waals surface area contributed by atoms with Crippen molar-refractivity contribution in [2.45, 2.75) is 39.8 Å². The van der Waals surface area contributed by atoms with Gasteiger partial charge in [-0.05, 0) is 27.7 Å². The minimum absolute atomic E-state index is 0.0904. The van der Waals surface area contributed by atoms with Crippen molar-refractivity contribution in [3.63, 3.8) is 0 Å². The number of anilines is 3. The van der Waals surface area contributed by atoms with Gasteiger partial charge in [0.15, 0.2) is 0 Å². The summed E-state index contributed by atoms with van der Waals surface area (Å²) in [5.74, 6) is -0.378. The molecule has 2 heterocycles. The third-order valence-electron chi connectivity index (χ3n) is 3.32. The molecule has 1 aliphatic heterocycles. The van der Waals surface area contributed by atoms with Gasteiger partial charge in [0.1, 0.15) is 13.1 Å². The van der Waals surface area contributed by atoms with E-state index in [1.165, 1.54) is 12.0 Å². The Bertz CT molecular complexity index is 678. The highest BCUT2D eigenvalue weighted by atomic mass is 16.5. The van der Waals surface area contributed by atoms with Crippen LogP contribution in [0.3, 0.4) is 0 Å². The number of hydrogen-bond acceptors (Lipinski definition) is 9. The molecule has 11 heteroatoms. The summed E-state index contributed by atoms with van der Waals surface area (Å²) in [4.78, 5) is 38.9. The molecule has 0 unspecified atom stereocenters. The van der Waals surface area contributed by atoms with Crippen LogP contribution >= 0.6 is 0 Å². The lowest BCUT2D eigenvalue weighted by Gasteiger charge is -2.19. The molecule has 26 heavy (non-hydrogen) atoms. The van der Waals surface area contributed by atoms with Crippen LogP contribution in [0.25, 0.3) is 0 Å². The number of hydrogen-bond donors (Lipinski definition) is 3. The molecule has 1 aromatic heterocycles. The minimum Gasteiger partial charge on any atom is -0.468 e. The zero-order valence-electron chi connectivity index (χ0n) is 15.5. The van der Waals surface area contributed by atoms with Crippen molar-refractivity contribution in [2.24, 2.45) is 0 Å². The number of ether oxygens (including phenoxy) is 1. The SMILES string of the molecule is COC(=O)CN1C(=N)N(c2nc(NC(C)C)nc(NC(C)C)n2)CC1=O. The predicted molar refractivity (Wildman–Crippen MR) is 96.1 cm³/mol. The van der Waals surface area contributed by atoms with Crippen LogP contribution < -0.4 is 15.5 Å². The van der Waals surface area contributed by atoms with E-state index in [1.54, 1.807) is 0 Å². The minimum atomic E-state index is -0.607. The van der Waals surface area contributed by atoms with Crippen molar-refractivity contribution in [3.8, 4) is 0 Å². The number of carbonyl (C=O) groups is 2. The van der Waals surface area contributed by atoms with E-state index >= 15 is 0 Å². The van der Waals surface area contributed by atoms with E-state index in [0.717, 1.165) is 4.90 Å². The lowest BCUT2D eigenvalue weighted by Crippen LogP contribution is -2.38. The lowest BCUT2D eigenvalue weighted by atomic mass is 10.4. The summed E-state index contributed by atoms with van der Waals surface area (Å²) in [6, 6.07) is 0.181. The van der Waals surface area contributed by atoms with Gasteiger partial charge in [0.05, 0.1) is 7.11 Å². The number of amides is 1. The average molecular weight is 364 g/mol. The fourth-order valence-corrected chi connectivity index (χ4v) is 2.21. The third kappa shape index (κ3) is 4.55. The van der Waals surface area contributed by atoms with Crippen LogP contribution in [0.2, 0.25) is 0 Å². The fraction of sp³-hybridized carbons (Fsp3) is 0.600. The fourth-order valence-electron chi connectivity index (χ4n) is 2.21. The van der Waals surface area contributed by atoms with Crippen molar-refractivity contribution in [3.05, 3.63) is 0 Å². The van der Waals surface area contributed by atoms with Crippen molar-refractivity contribution in [2.75, 3.05) is 35.7 Å². The van der Waals surface area contributed by atoms with Gasteiger partial charge < -0.3 is 15.4 Å². The van der Waals surface area contributed by atoms with Crippen LogP contribution in [0.1, 0.15) is 27.7 Å². The van der Waals surface area contributed by atoms with Gasteiger partial charge in [-0.2, -0.15) is 15.0 Å². The van der Waals surface area contributed by atoms with E-state index in [4.69, 9.17) is 5.41 Å². The molecule has 142 valence electrons. The summed E-state index contributed by atoms with van der Waals surface area (Å²) in [6.45, 7) is 7.31. The maximum absolute atomic E-state index is 12.2. The largest absolute Gasteiger partial charge is 0.468 e. The van der Waals surface area contributed by atoms with Gasteiger partial charge in [-0.3, -0.25) is 24.8 Å². The number of nitrogens with zero attached hydrogens (tertiary/aromatic N) is 5. The Morgan fingerprint density at radius 3 is 2.15 bits per heavy atom. The number of esters is 1. The molecule has 1 aliphatic rings. The highest BCUT2D eigenvalue weighted by Gasteiger charge is 2.37. The highest BCUT2D eigenvalue weighted by Crippen LogP contribution is 2.20. The Hall–Kier alpha value is -2.98. The topological polar surface area (TPSA) is 136 Å². The van der Waals surface area contributed by atoms with E-state index < -0.39 is 11.9 Å². The molecular weight excluding hydrogens is 340 g/mol. The van der Waals surface area contributed by atoms with E-state index in [0.29, 0.717) is 11.9 Å². The van der Waals surface area contributed by atoms with Crippen LogP contribution in [0.4, 0.5) is 17.8 Å². The van der Waals surface area contributed by atoms with Crippen molar-refractivity contribution in [1.29, 1.82) is 5.41 Å². The summed E-state index contributed by atoms with van der Waals surface area (Å²) in [7, 11) is 1.23. The first kappa shape index (κ1) is 19.3. The van der Waals surface area contributed by atoms with Crippen LogP contribution in [-0.4, -0.2) is 70.0 Å². The van der Waals surface area contributed by atoms with Gasteiger partial charge in [-0.25, -0.2) is 0 Å². The zero-order chi connectivity index (χ0) is 19.4. The first-order valence-electron chi connectivity index (χ1n) is 8.23. The van der Waals surface area contributed by atoms with E-state index in [9.17, 15) is 9.59 Å². The molecule has 1 amide bonds. The maximum atomic E-state index is 12.2. The van der Waals surface area contributed by atoms with Crippen molar-refractivity contribution < 1.29 is 14.3 Å². The smallest absolute Gasteiger partial charge is 0.325 e. The molecule has 0 saturated carbocycles. The maximum Gasteiger partial charge on any atom is 0.325 e. The molecule has 1 fully saturated rings. The second kappa shape index (κ2) is 7.93. The van der Waals surface area contributed by atoms with Crippen molar-refractivity contribution in [1.82, 2.24) is 19.9 Å². The monoisotopic (exact) mass is 364 g/mol. The van der Waals surface area contributed by atoms with Crippen molar-refractivity contribution >= 4 is 35.7 Å². The molecule has 3 N–H and O–H groups in total. The Morgan fingerprint density at radius 2 is 1.69 bits per heavy atom. The van der Waals surface area contributed by atoms with Gasteiger partial charge in [-0.1, -0.05) is 0 Å². The average Bonchev–Trinajstić information content (AvgIpc) is 2.81. The molecule has 1 aromatic rings. The van der Waals surface area contributed by atoms with Gasteiger partial charge in [-0.15, -0.1) is 0 Å². The number of methoxy groups -OCH3 is 1. The molecular formula is C15H24N8O3. The predicted octanol–water partition coefficient (Wildman–Crippen LogP) is 0.269. The highest BCUT2D eigenvalue weighted by molar-refractivity contribution is 6.13. The summed E-state index contributed by atoms with van der Waals surface area (Å²) in [6.07, 6.45) is 0. The quantitative estimate of drug-likeness (QED) is 0.582. The van der Waals surface area contributed by atoms with Crippen LogP contribution in [0.15, 0.2) is 0 Å². The van der Waals surface area contributed by atoms with Gasteiger partial charge in [0, 0.05) is 12.1 Å². The molecule has 0 radical (unpaired) electrons. The Labute approximate surface area is 151 Å². The summed E-state index contributed by atoms with van der Waals surface area (Å²) in [5.41, 5.74) is 0. The summed E-state index contributed by atoms with van der Waals surface area (Å²) in [5, 5.41) is 14.4. The second-order valence-corrected chi connectivity index (χ2v) is 6.35. The lowest BCUT2D eigenvalue weighted by molar-refractivity contribution is -0.143. The van der Waals surface area contributed by atoms with Crippen LogP contribution in [0.5, 0.6) is 0 Å². The molecule has 0 bridgehead atoms. The van der Waals surface area contributed by atoms with E-state index in [1.807, 2.05) is 27.7 Å². The summed E-state index contributed by atoms with van der Waals surface area (Å²) < 4.78 is 4.57. The third-order valence-corrected chi connectivity index (χ3v) is 3.32. The zero-order valence-corrected chi connectivity index (χ0v) is 15.5. The number of carbonyl (C=O) groups excluding carboxylic acids is 2. The molecule has 0 aromatic carbocycles. The molecule has 0 atom stereocenters. The van der Waals surface area contributed by atoms with E-state index in [2.05, 4.69) is 30.3 Å². The van der Waals surface area contributed by atoms with Gasteiger partial charge in [0.2, 0.25) is 29.7 Å². The van der Waals surface area contributed by atoms with Crippen LogP contribution in [-0.2, 0) is 14.3 Å². The first-order valence-corrected chi connectivity index (χ1v) is 8.23. The summed E-state index contributed by atoms with van der Waals surface area (Å²) >= 11 is 0. The van der Waals surface area contributed by atoms with Gasteiger partial charge in [0.25, 0.3) is 0 Å². The normalized spacial score (nSPS) is 14.4. The molecule has 1 saturated heterocycles. The standard InChI is InChI=1S/C15H24N8O3/c1-8(2)17-13-19-14(18-9(3)4)21-15(20-13)23-6-10(24)22(12(23)16)7-11(25)26-5/h8-9,16H,6-7H2,1-5H3,(H2,17,18,19,20,21). The number of nitrogens with one attached hydrogen (secondary N) is 3. The molecule has 0 aliphatic carbocycles.